The van der Waals surface area contributed by atoms with Crippen molar-refractivity contribution in [2.75, 3.05) is 5.32 Å². The summed E-state index contributed by atoms with van der Waals surface area (Å²) in [5, 5.41) is 14.3. The molecule has 9 nitrogen and oxygen atoms in total. The molecule has 1 aromatic carbocycles. The van der Waals surface area contributed by atoms with Gasteiger partial charge < -0.3 is 20.2 Å². The summed E-state index contributed by atoms with van der Waals surface area (Å²) >= 11 is 0. The lowest BCUT2D eigenvalue weighted by Crippen LogP contribution is -2.44. The summed E-state index contributed by atoms with van der Waals surface area (Å²) in [5.74, 6) is -2.86. The van der Waals surface area contributed by atoms with E-state index in [0.717, 1.165) is 6.07 Å². The van der Waals surface area contributed by atoms with Gasteiger partial charge in [-0.3, -0.25) is 14.4 Å². The number of halogens is 1. The molecular weight excluding hydrogens is 427 g/mol. The maximum absolute atomic E-state index is 13.6. The van der Waals surface area contributed by atoms with Gasteiger partial charge in [0.15, 0.2) is 0 Å². The molecule has 0 atom stereocenters. The molecule has 2 amide bonds. The zero-order valence-electron chi connectivity index (χ0n) is 18.8. The predicted molar refractivity (Wildman–Crippen MR) is 118 cm³/mol. The van der Waals surface area contributed by atoms with Gasteiger partial charge in [-0.05, 0) is 51.5 Å². The average molecular weight is 450 g/mol. The second-order valence-corrected chi connectivity index (χ2v) is 8.13. The van der Waals surface area contributed by atoms with E-state index in [9.17, 15) is 18.8 Å². The quantitative estimate of drug-likeness (QED) is 0.392. The van der Waals surface area contributed by atoms with Crippen molar-refractivity contribution >= 4 is 23.3 Å². The van der Waals surface area contributed by atoms with Crippen molar-refractivity contribution in [1.29, 1.82) is 5.26 Å². The molecule has 0 bridgehead atoms. The number of ketones is 1. The predicted octanol–water partition coefficient (Wildman–Crippen LogP) is 2.86. The largest absolute Gasteiger partial charge is 0.347 e. The monoisotopic (exact) mass is 450 g/mol. The molecule has 0 saturated carbocycles. The van der Waals surface area contributed by atoms with Gasteiger partial charge in [0.25, 0.3) is 17.6 Å². The number of carbonyl (C=O) groups excluding carboxylic acids is 3. The van der Waals surface area contributed by atoms with Crippen molar-refractivity contribution in [3.8, 4) is 6.07 Å². The topological polar surface area (TPSA) is 133 Å². The van der Waals surface area contributed by atoms with Crippen LogP contribution in [0, 0.1) is 31.0 Å². The molecule has 33 heavy (non-hydrogen) atoms. The van der Waals surface area contributed by atoms with E-state index in [2.05, 4.69) is 20.6 Å². The van der Waals surface area contributed by atoms with Crippen LogP contribution in [0.4, 0.5) is 10.1 Å². The third-order valence-electron chi connectivity index (χ3n) is 5.52. The Balaban J connectivity index is 1.88. The minimum Gasteiger partial charge on any atom is -0.347 e. The first kappa shape index (κ1) is 23.4. The fourth-order valence-electron chi connectivity index (χ4n) is 3.63. The minimum absolute atomic E-state index is 0.123. The summed E-state index contributed by atoms with van der Waals surface area (Å²) in [6, 6.07) is 5.34. The van der Waals surface area contributed by atoms with E-state index >= 15 is 0 Å². The highest BCUT2D eigenvalue weighted by Gasteiger charge is 2.32. The van der Waals surface area contributed by atoms with E-state index in [1.807, 2.05) is 0 Å². The first-order valence-electron chi connectivity index (χ1n) is 10.0. The van der Waals surface area contributed by atoms with Crippen LogP contribution in [0.25, 0.3) is 0 Å². The third kappa shape index (κ3) is 4.39. The Hall–Kier alpha value is -4.26. The fraction of sp³-hybridized carbons (Fsp3) is 0.261. The van der Waals surface area contributed by atoms with E-state index in [1.165, 1.54) is 23.0 Å². The number of nitrogens with zero attached hydrogens (tertiary/aromatic N) is 3. The number of hydrogen-bond acceptors (Lipinski definition) is 5. The molecule has 10 heteroatoms. The van der Waals surface area contributed by atoms with Crippen LogP contribution in [0.2, 0.25) is 0 Å². The van der Waals surface area contributed by atoms with E-state index in [1.54, 1.807) is 47.0 Å². The number of aromatic nitrogens is 3. The highest BCUT2D eigenvalue weighted by atomic mass is 19.1. The molecule has 0 unspecified atom stereocenters. The molecule has 2 heterocycles. The molecule has 0 aliphatic carbocycles. The van der Waals surface area contributed by atoms with Crippen molar-refractivity contribution in [2.24, 2.45) is 7.05 Å². The Morgan fingerprint density at radius 1 is 1.24 bits per heavy atom. The van der Waals surface area contributed by atoms with Crippen molar-refractivity contribution in [1.82, 2.24) is 19.9 Å². The Morgan fingerprint density at radius 2 is 1.94 bits per heavy atom. The van der Waals surface area contributed by atoms with E-state index in [0.29, 0.717) is 17.0 Å². The number of Topliss-reactive ketones (excluding diaryl/α,β-unsaturated/α-hetero) is 1. The number of carbonyl (C=O) groups is 3. The maximum atomic E-state index is 13.6. The molecule has 0 aliphatic heterocycles. The van der Waals surface area contributed by atoms with Crippen LogP contribution >= 0.6 is 0 Å². The molecule has 0 spiro atoms. The summed E-state index contributed by atoms with van der Waals surface area (Å²) in [7, 11) is 1.60. The lowest BCUT2D eigenvalue weighted by molar-refractivity contribution is -0.118. The smallest absolute Gasteiger partial charge is 0.293 e. The van der Waals surface area contributed by atoms with Gasteiger partial charge >= 0.3 is 0 Å². The van der Waals surface area contributed by atoms with Gasteiger partial charge in [0, 0.05) is 18.4 Å². The van der Waals surface area contributed by atoms with Gasteiger partial charge in [-0.1, -0.05) is 0 Å². The van der Waals surface area contributed by atoms with Crippen LogP contribution < -0.4 is 10.6 Å². The molecule has 0 saturated heterocycles. The second-order valence-electron chi connectivity index (χ2n) is 8.13. The van der Waals surface area contributed by atoms with Gasteiger partial charge in [-0.2, -0.15) is 5.26 Å². The zero-order valence-corrected chi connectivity index (χ0v) is 18.8. The van der Waals surface area contributed by atoms with Crippen molar-refractivity contribution in [3.05, 3.63) is 70.3 Å². The van der Waals surface area contributed by atoms with Crippen LogP contribution in [0.15, 0.2) is 30.7 Å². The van der Waals surface area contributed by atoms with Gasteiger partial charge in [0.05, 0.1) is 34.9 Å². The molecule has 2 aromatic heterocycles. The lowest BCUT2D eigenvalue weighted by Gasteiger charge is -2.24. The van der Waals surface area contributed by atoms with E-state index in [4.69, 9.17) is 5.26 Å². The maximum Gasteiger partial charge on any atom is 0.293 e. The molecule has 170 valence electrons. The lowest BCUT2D eigenvalue weighted by atomic mass is 9.99. The van der Waals surface area contributed by atoms with Gasteiger partial charge in [0.2, 0.25) is 0 Å². The van der Waals surface area contributed by atoms with Crippen LogP contribution in [0.5, 0.6) is 0 Å². The summed E-state index contributed by atoms with van der Waals surface area (Å²) in [6.07, 6.45) is 3.03. The van der Waals surface area contributed by atoms with Crippen LogP contribution in [0.3, 0.4) is 0 Å². The number of H-pyrrole nitrogens is 1. The van der Waals surface area contributed by atoms with Crippen LogP contribution in [-0.2, 0) is 17.4 Å². The summed E-state index contributed by atoms with van der Waals surface area (Å²) in [4.78, 5) is 45.6. The van der Waals surface area contributed by atoms with Crippen LogP contribution in [0.1, 0.15) is 57.2 Å². The van der Waals surface area contributed by atoms with Crippen molar-refractivity contribution in [2.45, 2.75) is 33.2 Å². The SMILES string of the molecule is Cc1c(C(=O)C(=O)NC(C)(C)c2cnc[nH]2)c(C)n(C)c1C(=O)Nc1ccc(F)c(C#N)c1. The Kier molecular flexibility index (Phi) is 6.17. The number of rotatable bonds is 6. The summed E-state index contributed by atoms with van der Waals surface area (Å²) in [5.41, 5.74) is 0.825. The number of benzene rings is 1. The van der Waals surface area contributed by atoms with E-state index in [-0.39, 0.29) is 22.5 Å². The number of nitriles is 1. The molecule has 0 aliphatic rings. The normalized spacial score (nSPS) is 11.1. The van der Waals surface area contributed by atoms with Crippen molar-refractivity contribution < 1.29 is 18.8 Å². The Bertz CT molecular complexity index is 1300. The van der Waals surface area contributed by atoms with Gasteiger partial charge in [-0.15, -0.1) is 0 Å². The minimum atomic E-state index is -0.874. The molecule has 3 N–H and O–H groups in total. The highest BCUT2D eigenvalue weighted by Crippen LogP contribution is 2.24. The molecule has 3 rings (SSSR count). The first-order valence-corrected chi connectivity index (χ1v) is 10.0. The van der Waals surface area contributed by atoms with E-state index < -0.39 is 29.0 Å². The number of anilines is 1. The Morgan fingerprint density at radius 3 is 2.55 bits per heavy atom. The van der Waals surface area contributed by atoms with Crippen molar-refractivity contribution in [3.63, 3.8) is 0 Å². The Labute approximate surface area is 189 Å². The number of aromatic amines is 1. The molecular formula is C23H23FN6O3. The molecule has 3 aromatic rings. The summed E-state index contributed by atoms with van der Waals surface area (Å²) in [6.45, 7) is 6.67. The number of amides is 2. The number of hydrogen-bond donors (Lipinski definition) is 3. The number of imidazole rings is 1. The average Bonchev–Trinajstić information content (AvgIpc) is 3.37. The fourth-order valence-corrected chi connectivity index (χ4v) is 3.63. The summed E-state index contributed by atoms with van der Waals surface area (Å²) < 4.78 is 15.1. The van der Waals surface area contributed by atoms with Gasteiger partial charge in [-0.25, -0.2) is 9.37 Å². The molecule has 0 radical (unpaired) electrons. The third-order valence-corrected chi connectivity index (χ3v) is 5.52. The molecule has 0 fully saturated rings. The highest BCUT2D eigenvalue weighted by molar-refractivity contribution is 6.43. The first-order chi connectivity index (χ1) is 15.5. The standard InChI is InChI=1S/C23H23FN6O3/c1-12-18(20(31)22(33)29-23(3,4)17-10-26-11-27-17)13(2)30(5)19(12)21(32)28-15-6-7-16(24)14(8-15)9-25/h6-8,10-11H,1-5H3,(H,26,27)(H,28,32)(H,29,33). The second kappa shape index (κ2) is 8.70. The van der Waals surface area contributed by atoms with Gasteiger partial charge in [0.1, 0.15) is 17.6 Å². The zero-order chi connectivity index (χ0) is 24.5. The van der Waals surface area contributed by atoms with Crippen LogP contribution in [-0.4, -0.2) is 32.1 Å². The number of nitrogens with one attached hydrogen (secondary N) is 3.